The Kier molecular flexibility index (Phi) is 4.07. The summed E-state index contributed by atoms with van der Waals surface area (Å²) in [4.78, 5) is 0. The van der Waals surface area contributed by atoms with Crippen LogP contribution < -0.4 is 0 Å². The average molecular weight is 244 g/mol. The fourth-order valence-corrected chi connectivity index (χ4v) is 2.43. The van der Waals surface area contributed by atoms with Crippen LogP contribution in [0.2, 0.25) is 0 Å². The molecule has 0 saturated heterocycles. The molecule has 1 rings (SSSR count). The van der Waals surface area contributed by atoms with Gasteiger partial charge in [-0.15, -0.1) is 0 Å². The third-order valence-electron chi connectivity index (χ3n) is 2.47. The normalized spacial score (nSPS) is 15.8. The molecule has 90 valence electrons. The Labute approximate surface area is 95.5 Å². The molecular formula is C11H16O4S. The maximum atomic E-state index is 11.3. The Morgan fingerprint density at radius 1 is 1.38 bits per heavy atom. The van der Waals surface area contributed by atoms with Crippen molar-refractivity contribution >= 4 is 9.84 Å². The van der Waals surface area contributed by atoms with Gasteiger partial charge < -0.3 is 10.2 Å². The smallest absolute Gasteiger partial charge is 0.155 e. The van der Waals surface area contributed by atoms with Gasteiger partial charge in [-0.1, -0.05) is 29.8 Å². The van der Waals surface area contributed by atoms with Gasteiger partial charge >= 0.3 is 0 Å². The quantitative estimate of drug-likeness (QED) is 0.805. The molecule has 0 spiro atoms. The second kappa shape index (κ2) is 4.95. The standard InChI is InChI=1S/C11H16O4S/c1-8-4-3-5-9(6-8)11(13)10(7-12)16(2,14)15/h3-6,10-13H,7H2,1-2H3. The predicted molar refractivity (Wildman–Crippen MR) is 61.9 cm³/mol. The Morgan fingerprint density at radius 2 is 2.00 bits per heavy atom. The van der Waals surface area contributed by atoms with E-state index in [1.807, 2.05) is 13.0 Å². The van der Waals surface area contributed by atoms with Gasteiger partial charge in [0, 0.05) is 6.26 Å². The zero-order chi connectivity index (χ0) is 12.3. The Balaban J connectivity index is 3.05. The number of hydrogen-bond acceptors (Lipinski definition) is 4. The van der Waals surface area contributed by atoms with E-state index in [4.69, 9.17) is 5.11 Å². The van der Waals surface area contributed by atoms with E-state index >= 15 is 0 Å². The summed E-state index contributed by atoms with van der Waals surface area (Å²) < 4.78 is 22.7. The number of sulfone groups is 1. The lowest BCUT2D eigenvalue weighted by molar-refractivity contribution is 0.138. The molecule has 0 saturated carbocycles. The fraction of sp³-hybridized carbons (Fsp3) is 0.455. The Hall–Kier alpha value is -0.910. The van der Waals surface area contributed by atoms with Crippen molar-refractivity contribution in [3.05, 3.63) is 35.4 Å². The number of rotatable bonds is 4. The van der Waals surface area contributed by atoms with Crippen molar-refractivity contribution in [1.82, 2.24) is 0 Å². The molecule has 16 heavy (non-hydrogen) atoms. The number of aliphatic hydroxyl groups excluding tert-OH is 2. The first-order chi connectivity index (χ1) is 7.36. The lowest BCUT2D eigenvalue weighted by Crippen LogP contribution is -2.31. The van der Waals surface area contributed by atoms with Gasteiger partial charge in [-0.25, -0.2) is 8.42 Å². The van der Waals surface area contributed by atoms with Crippen LogP contribution in [0.25, 0.3) is 0 Å². The molecule has 0 bridgehead atoms. The summed E-state index contributed by atoms with van der Waals surface area (Å²) in [6.45, 7) is 1.26. The predicted octanol–water partition coefficient (Wildman–Crippen LogP) is 0.434. The molecule has 0 fully saturated rings. The van der Waals surface area contributed by atoms with Crippen LogP contribution in [-0.2, 0) is 9.84 Å². The average Bonchev–Trinajstić information content (AvgIpc) is 2.16. The molecule has 0 aromatic heterocycles. The minimum absolute atomic E-state index is 0.504. The molecule has 0 aliphatic heterocycles. The molecule has 1 aromatic carbocycles. The summed E-state index contributed by atoms with van der Waals surface area (Å²) in [5.41, 5.74) is 1.44. The minimum Gasteiger partial charge on any atom is -0.395 e. The maximum Gasteiger partial charge on any atom is 0.155 e. The summed E-state index contributed by atoms with van der Waals surface area (Å²) in [6, 6.07) is 6.94. The fourth-order valence-electron chi connectivity index (χ4n) is 1.54. The van der Waals surface area contributed by atoms with Crippen molar-refractivity contribution in [3.8, 4) is 0 Å². The van der Waals surface area contributed by atoms with Crippen molar-refractivity contribution in [2.45, 2.75) is 18.3 Å². The molecule has 0 aliphatic rings. The van der Waals surface area contributed by atoms with E-state index in [0.717, 1.165) is 11.8 Å². The first-order valence-corrected chi connectivity index (χ1v) is 6.86. The summed E-state index contributed by atoms with van der Waals surface area (Å²) >= 11 is 0. The first-order valence-electron chi connectivity index (χ1n) is 4.90. The van der Waals surface area contributed by atoms with Crippen LogP contribution >= 0.6 is 0 Å². The highest BCUT2D eigenvalue weighted by Crippen LogP contribution is 2.22. The van der Waals surface area contributed by atoms with Gasteiger partial charge in [0.05, 0.1) is 12.7 Å². The highest BCUT2D eigenvalue weighted by atomic mass is 32.2. The first kappa shape index (κ1) is 13.2. The molecule has 4 nitrogen and oxygen atoms in total. The summed E-state index contributed by atoms with van der Waals surface area (Å²) in [5.74, 6) is 0. The molecule has 1 aromatic rings. The van der Waals surface area contributed by atoms with Gasteiger partial charge in [0.1, 0.15) is 5.25 Å². The van der Waals surface area contributed by atoms with Crippen molar-refractivity contribution in [3.63, 3.8) is 0 Å². The van der Waals surface area contributed by atoms with Gasteiger partial charge in [-0.2, -0.15) is 0 Å². The molecule has 0 heterocycles. The van der Waals surface area contributed by atoms with Gasteiger partial charge in [0.2, 0.25) is 0 Å². The van der Waals surface area contributed by atoms with Crippen LogP contribution in [0.3, 0.4) is 0 Å². The van der Waals surface area contributed by atoms with Gasteiger partial charge in [0.15, 0.2) is 9.84 Å². The zero-order valence-electron chi connectivity index (χ0n) is 9.29. The van der Waals surface area contributed by atoms with Crippen molar-refractivity contribution in [2.75, 3.05) is 12.9 Å². The Bertz CT molecular complexity index is 453. The van der Waals surface area contributed by atoms with Crippen LogP contribution in [0.4, 0.5) is 0 Å². The molecule has 0 radical (unpaired) electrons. The van der Waals surface area contributed by atoms with E-state index in [1.54, 1.807) is 18.2 Å². The largest absolute Gasteiger partial charge is 0.395 e. The third kappa shape index (κ3) is 3.04. The second-order valence-electron chi connectivity index (χ2n) is 3.91. The minimum atomic E-state index is -3.48. The molecule has 2 atom stereocenters. The highest BCUT2D eigenvalue weighted by molar-refractivity contribution is 7.91. The third-order valence-corrected chi connectivity index (χ3v) is 3.97. The van der Waals surface area contributed by atoms with E-state index in [9.17, 15) is 13.5 Å². The summed E-state index contributed by atoms with van der Waals surface area (Å²) in [5, 5.41) is 17.8. The maximum absolute atomic E-state index is 11.3. The topological polar surface area (TPSA) is 74.6 Å². The SMILES string of the molecule is Cc1cccc(C(O)C(CO)S(C)(=O)=O)c1. The monoisotopic (exact) mass is 244 g/mol. The van der Waals surface area contributed by atoms with Crippen LogP contribution in [0.1, 0.15) is 17.2 Å². The summed E-state index contributed by atoms with van der Waals surface area (Å²) in [6.07, 6.45) is -0.188. The van der Waals surface area contributed by atoms with Crippen molar-refractivity contribution in [2.24, 2.45) is 0 Å². The number of hydrogen-bond donors (Lipinski definition) is 2. The van der Waals surface area contributed by atoms with Crippen molar-refractivity contribution < 1.29 is 18.6 Å². The number of benzene rings is 1. The lowest BCUT2D eigenvalue weighted by atomic mass is 10.0. The van der Waals surface area contributed by atoms with Crippen molar-refractivity contribution in [1.29, 1.82) is 0 Å². The van der Waals surface area contributed by atoms with Crippen LogP contribution in [0.5, 0.6) is 0 Å². The van der Waals surface area contributed by atoms with Crippen LogP contribution in [0, 0.1) is 6.92 Å². The molecule has 0 amide bonds. The molecule has 2 unspecified atom stereocenters. The van der Waals surface area contributed by atoms with E-state index < -0.39 is 27.8 Å². The van der Waals surface area contributed by atoms with E-state index in [2.05, 4.69) is 0 Å². The molecule has 5 heteroatoms. The molecule has 2 N–H and O–H groups in total. The van der Waals surface area contributed by atoms with E-state index in [1.165, 1.54) is 0 Å². The Morgan fingerprint density at radius 3 is 2.44 bits per heavy atom. The van der Waals surface area contributed by atoms with E-state index in [-0.39, 0.29) is 0 Å². The molecular weight excluding hydrogens is 228 g/mol. The zero-order valence-corrected chi connectivity index (χ0v) is 10.1. The van der Waals surface area contributed by atoms with Crippen LogP contribution in [0.15, 0.2) is 24.3 Å². The van der Waals surface area contributed by atoms with Gasteiger partial charge in [0.25, 0.3) is 0 Å². The highest BCUT2D eigenvalue weighted by Gasteiger charge is 2.29. The lowest BCUT2D eigenvalue weighted by Gasteiger charge is -2.19. The summed E-state index contributed by atoms with van der Waals surface area (Å²) in [7, 11) is -3.48. The van der Waals surface area contributed by atoms with E-state index in [0.29, 0.717) is 5.56 Å². The van der Waals surface area contributed by atoms with Gasteiger partial charge in [-0.3, -0.25) is 0 Å². The second-order valence-corrected chi connectivity index (χ2v) is 6.17. The number of aryl methyl sites for hydroxylation is 1. The van der Waals surface area contributed by atoms with Gasteiger partial charge in [-0.05, 0) is 12.5 Å². The number of aliphatic hydroxyl groups is 2. The van der Waals surface area contributed by atoms with Crippen LogP contribution in [-0.4, -0.2) is 36.7 Å². The molecule has 0 aliphatic carbocycles.